The fourth-order valence-electron chi connectivity index (χ4n) is 4.72. The monoisotopic (exact) mass is 492 g/mol. The normalized spacial score (nSPS) is 15.6. The van der Waals surface area contributed by atoms with Gasteiger partial charge >= 0.3 is 0 Å². The standard InChI is InChI=1S/C29H40N4OS/c1-19-16-33(20(2)30-19)17-26(34)32-11-9-21(10-12-32)25-18-35-27(31-25)22-13-23(28(3,4)5)15-24(14-22)29(6,7)8/h13-16,18,21H,9-12,17H2,1-8H3. The first kappa shape index (κ1) is 25.6. The minimum Gasteiger partial charge on any atom is -0.341 e. The molecule has 0 bridgehead atoms. The molecule has 1 fully saturated rings. The molecule has 35 heavy (non-hydrogen) atoms. The highest BCUT2D eigenvalue weighted by molar-refractivity contribution is 7.13. The zero-order valence-electron chi connectivity index (χ0n) is 22.6. The van der Waals surface area contributed by atoms with Crippen molar-refractivity contribution < 1.29 is 4.79 Å². The van der Waals surface area contributed by atoms with Crippen LogP contribution in [-0.2, 0) is 22.2 Å². The van der Waals surface area contributed by atoms with Gasteiger partial charge in [0.15, 0.2) is 0 Å². The molecule has 1 amide bonds. The largest absolute Gasteiger partial charge is 0.341 e. The Morgan fingerprint density at radius 2 is 1.57 bits per heavy atom. The number of rotatable bonds is 4. The van der Waals surface area contributed by atoms with Crippen LogP contribution in [0.1, 0.15) is 88.6 Å². The molecule has 0 aliphatic carbocycles. The van der Waals surface area contributed by atoms with E-state index in [1.165, 1.54) is 22.4 Å². The van der Waals surface area contributed by atoms with Crippen LogP contribution in [0, 0.1) is 13.8 Å². The Labute approximate surface area is 214 Å². The summed E-state index contributed by atoms with van der Waals surface area (Å²) in [6, 6.07) is 7.00. The van der Waals surface area contributed by atoms with Crippen LogP contribution < -0.4 is 0 Å². The van der Waals surface area contributed by atoms with Gasteiger partial charge in [-0.25, -0.2) is 9.97 Å². The van der Waals surface area contributed by atoms with Crippen molar-refractivity contribution in [1.82, 2.24) is 19.4 Å². The predicted octanol–water partition coefficient (Wildman–Crippen LogP) is 6.62. The molecule has 0 unspecified atom stereocenters. The third-order valence-corrected chi connectivity index (χ3v) is 8.01. The van der Waals surface area contributed by atoms with Crippen LogP contribution in [0.15, 0.2) is 29.8 Å². The number of carbonyl (C=O) groups is 1. The van der Waals surface area contributed by atoms with Gasteiger partial charge in [0.1, 0.15) is 17.4 Å². The number of aryl methyl sites for hydroxylation is 2. The fourth-order valence-corrected chi connectivity index (χ4v) is 5.61. The molecule has 1 aromatic carbocycles. The number of hydrogen-bond donors (Lipinski definition) is 0. The zero-order valence-corrected chi connectivity index (χ0v) is 23.4. The van der Waals surface area contributed by atoms with Crippen LogP contribution in [0.5, 0.6) is 0 Å². The van der Waals surface area contributed by atoms with Gasteiger partial charge in [-0.2, -0.15) is 0 Å². The first-order chi connectivity index (χ1) is 16.3. The van der Waals surface area contributed by atoms with E-state index in [2.05, 4.69) is 70.1 Å². The quantitative estimate of drug-likeness (QED) is 0.411. The number of hydrogen-bond acceptors (Lipinski definition) is 4. The molecule has 188 valence electrons. The summed E-state index contributed by atoms with van der Waals surface area (Å²) in [5.74, 6) is 1.48. The summed E-state index contributed by atoms with van der Waals surface area (Å²) >= 11 is 1.75. The lowest BCUT2D eigenvalue weighted by Gasteiger charge is -2.31. The highest BCUT2D eigenvalue weighted by Crippen LogP contribution is 2.37. The Hall–Kier alpha value is -2.47. The van der Waals surface area contributed by atoms with Gasteiger partial charge < -0.3 is 9.47 Å². The Kier molecular flexibility index (Phi) is 6.98. The summed E-state index contributed by atoms with van der Waals surface area (Å²) in [6.07, 6.45) is 3.88. The van der Waals surface area contributed by atoms with E-state index >= 15 is 0 Å². The lowest BCUT2D eigenvalue weighted by atomic mass is 9.79. The summed E-state index contributed by atoms with van der Waals surface area (Å²) in [5.41, 5.74) is 6.23. The first-order valence-electron chi connectivity index (χ1n) is 12.7. The van der Waals surface area contributed by atoms with Crippen molar-refractivity contribution in [2.45, 2.75) is 91.5 Å². The average Bonchev–Trinajstić information content (AvgIpc) is 3.39. The molecule has 1 aliphatic rings. The van der Waals surface area contributed by atoms with E-state index in [9.17, 15) is 4.79 Å². The number of likely N-dealkylation sites (tertiary alicyclic amines) is 1. The smallest absolute Gasteiger partial charge is 0.242 e. The van der Waals surface area contributed by atoms with E-state index in [1.54, 1.807) is 11.3 Å². The van der Waals surface area contributed by atoms with E-state index in [1.807, 2.05) is 29.5 Å². The Morgan fingerprint density at radius 1 is 0.971 bits per heavy atom. The van der Waals surface area contributed by atoms with Gasteiger partial charge in [0.25, 0.3) is 0 Å². The van der Waals surface area contributed by atoms with Crippen LogP contribution in [0.4, 0.5) is 0 Å². The second-order valence-electron chi connectivity index (χ2n) is 12.1. The summed E-state index contributed by atoms with van der Waals surface area (Å²) in [5, 5.41) is 3.33. The SMILES string of the molecule is Cc1cn(CC(=O)N2CCC(c3csc(-c4cc(C(C)(C)C)cc(C(C)(C)C)c4)n3)CC2)c(C)n1. The molecule has 0 saturated carbocycles. The molecule has 0 atom stereocenters. The second kappa shape index (κ2) is 9.53. The maximum atomic E-state index is 12.9. The van der Waals surface area contributed by atoms with Crippen molar-refractivity contribution in [3.8, 4) is 10.6 Å². The predicted molar refractivity (Wildman–Crippen MR) is 145 cm³/mol. The molecule has 0 spiro atoms. The number of nitrogens with zero attached hydrogens (tertiary/aromatic N) is 4. The van der Waals surface area contributed by atoms with Gasteiger partial charge in [0, 0.05) is 36.1 Å². The molecule has 0 N–H and O–H groups in total. The topological polar surface area (TPSA) is 51.0 Å². The molecule has 2 aromatic heterocycles. The first-order valence-corrected chi connectivity index (χ1v) is 13.6. The number of benzene rings is 1. The van der Waals surface area contributed by atoms with Crippen molar-refractivity contribution in [1.29, 1.82) is 0 Å². The van der Waals surface area contributed by atoms with Gasteiger partial charge in [0.2, 0.25) is 5.91 Å². The number of piperidine rings is 1. The fraction of sp³-hybridized carbons (Fsp3) is 0.552. The van der Waals surface area contributed by atoms with Crippen LogP contribution in [0.2, 0.25) is 0 Å². The number of carbonyl (C=O) groups excluding carboxylic acids is 1. The second-order valence-corrected chi connectivity index (χ2v) is 12.9. The lowest BCUT2D eigenvalue weighted by Crippen LogP contribution is -2.39. The van der Waals surface area contributed by atoms with Crippen molar-refractivity contribution in [3.05, 3.63) is 58.1 Å². The van der Waals surface area contributed by atoms with E-state index in [4.69, 9.17) is 4.98 Å². The van der Waals surface area contributed by atoms with Crippen LogP contribution in [0.3, 0.4) is 0 Å². The Bertz CT molecular complexity index is 1170. The van der Waals surface area contributed by atoms with Crippen molar-refractivity contribution in [2.24, 2.45) is 0 Å². The maximum absolute atomic E-state index is 12.9. The molecule has 4 rings (SSSR count). The molecule has 1 saturated heterocycles. The minimum atomic E-state index is 0.0867. The van der Waals surface area contributed by atoms with Gasteiger partial charge in [-0.15, -0.1) is 11.3 Å². The highest BCUT2D eigenvalue weighted by atomic mass is 32.1. The Balaban J connectivity index is 1.46. The molecular formula is C29H40N4OS. The van der Waals surface area contributed by atoms with Gasteiger partial charge in [-0.05, 0) is 60.8 Å². The van der Waals surface area contributed by atoms with Crippen LogP contribution in [0.25, 0.3) is 10.6 Å². The maximum Gasteiger partial charge on any atom is 0.242 e. The van der Waals surface area contributed by atoms with Crippen LogP contribution in [-0.4, -0.2) is 38.4 Å². The summed E-state index contributed by atoms with van der Waals surface area (Å²) in [7, 11) is 0. The zero-order chi connectivity index (χ0) is 25.5. The van der Waals surface area contributed by atoms with Crippen LogP contribution >= 0.6 is 11.3 Å². The van der Waals surface area contributed by atoms with E-state index in [0.29, 0.717) is 12.5 Å². The number of thiazole rings is 1. The van der Waals surface area contributed by atoms with Crippen molar-refractivity contribution in [2.75, 3.05) is 13.1 Å². The van der Waals surface area contributed by atoms with E-state index in [-0.39, 0.29) is 16.7 Å². The summed E-state index contributed by atoms with van der Waals surface area (Å²) < 4.78 is 1.95. The van der Waals surface area contributed by atoms with Gasteiger partial charge in [0.05, 0.1) is 11.4 Å². The minimum absolute atomic E-state index is 0.0867. The number of aromatic nitrogens is 3. The van der Waals surface area contributed by atoms with E-state index < -0.39 is 0 Å². The molecule has 0 radical (unpaired) electrons. The highest BCUT2D eigenvalue weighted by Gasteiger charge is 2.27. The molecular weight excluding hydrogens is 452 g/mol. The number of amides is 1. The van der Waals surface area contributed by atoms with Gasteiger partial charge in [-0.1, -0.05) is 47.6 Å². The van der Waals surface area contributed by atoms with Gasteiger partial charge in [-0.3, -0.25) is 4.79 Å². The molecule has 6 heteroatoms. The molecule has 5 nitrogen and oxygen atoms in total. The molecule has 1 aliphatic heterocycles. The summed E-state index contributed by atoms with van der Waals surface area (Å²) in [6.45, 7) is 19.5. The van der Waals surface area contributed by atoms with Crippen molar-refractivity contribution >= 4 is 17.2 Å². The Morgan fingerprint density at radius 3 is 2.09 bits per heavy atom. The molecule has 3 heterocycles. The van der Waals surface area contributed by atoms with E-state index in [0.717, 1.165) is 42.5 Å². The average molecular weight is 493 g/mol. The third kappa shape index (κ3) is 5.85. The lowest BCUT2D eigenvalue weighted by molar-refractivity contribution is -0.132. The summed E-state index contributed by atoms with van der Waals surface area (Å²) in [4.78, 5) is 24.4. The third-order valence-electron chi connectivity index (χ3n) is 7.10. The number of imidazole rings is 1. The molecule has 3 aromatic rings. The van der Waals surface area contributed by atoms with Crippen molar-refractivity contribution in [3.63, 3.8) is 0 Å².